The fourth-order valence-electron chi connectivity index (χ4n) is 8.24. The lowest BCUT2D eigenvalue weighted by atomic mass is 9.12. The molecule has 7 aromatic carbocycles. The van der Waals surface area contributed by atoms with Gasteiger partial charge in [-0.25, -0.2) is 92.6 Å². The normalized spacial score (nSPS) is 11.5. The fraction of sp³-hybridized carbons (Fsp3) is 0.0612. The summed E-state index contributed by atoms with van der Waals surface area (Å²) in [5, 5.41) is 1.90. The van der Waals surface area contributed by atoms with Crippen LogP contribution in [0.4, 0.5) is 87.8 Å². The maximum absolute atomic E-state index is 15.4. The second kappa shape index (κ2) is 19.9. The van der Waals surface area contributed by atoms with Gasteiger partial charge in [0.15, 0.2) is 82.5 Å². The van der Waals surface area contributed by atoms with Crippen LogP contribution < -0.4 is 31.2 Å². The Morgan fingerprint density at radius 3 is 1.15 bits per heavy atom. The predicted octanol–water partition coefficient (Wildman–Crippen LogP) is 10.9. The van der Waals surface area contributed by atoms with E-state index in [2.05, 4.69) is 12.1 Å². The number of carbonyl (C=O) groups is 1. The number of fused-ring (bicyclic) bond motifs is 1. The Hall–Kier alpha value is -7.92. The van der Waals surface area contributed by atoms with Gasteiger partial charge in [-0.3, -0.25) is 0 Å². The molecule has 0 bridgehead atoms. The number of halogens is 20. The van der Waals surface area contributed by atoms with Gasteiger partial charge in [0.1, 0.15) is 58.4 Å². The molecule has 0 amide bonds. The molecule has 1 aromatic heterocycles. The van der Waals surface area contributed by atoms with E-state index in [1.807, 2.05) is 91.3 Å². The number of hydrogen-bond donors (Lipinski definition) is 0. The zero-order valence-corrected chi connectivity index (χ0v) is 36.2. The van der Waals surface area contributed by atoms with Gasteiger partial charge in [0.25, 0.3) is 5.69 Å². The van der Waals surface area contributed by atoms with Gasteiger partial charge in [-0.1, -0.05) is 60.7 Å². The summed E-state index contributed by atoms with van der Waals surface area (Å²) in [5.41, 5.74) is -10.6. The average Bonchev–Trinajstić information content (AvgIpc) is 3.37. The highest BCUT2D eigenvalue weighted by atomic mass is 19.2. The summed E-state index contributed by atoms with van der Waals surface area (Å²) in [4.78, 5) is 13.3. The highest BCUT2D eigenvalue weighted by Crippen LogP contribution is 2.31. The first kappa shape index (κ1) is 52.9. The number of esters is 1. The quantitative estimate of drug-likeness (QED) is 0.0289. The van der Waals surface area contributed by atoms with Gasteiger partial charge in [-0.15, -0.1) is 21.9 Å². The van der Waals surface area contributed by atoms with E-state index < -0.39 is 144 Å². The van der Waals surface area contributed by atoms with Crippen molar-refractivity contribution in [1.82, 2.24) is 0 Å². The summed E-state index contributed by atoms with van der Waals surface area (Å²) in [7, 11) is 0. The molecule has 3 nitrogen and oxygen atoms in total. The standard InChI is InChI=1S/C25H22NO2.C24BF20/c1-18-12-13-19(2)23(16-18)28-25(27)24-22-11-7-6-10-21(22)14-15-26(24)17-20-8-4-3-5-9-20;26-5-1(6(27)14(35)21(42)13(5)34)25(2-7(28)15(36)22(43)16(37)8(2)29,3-9(30)17(38)23(44)18(39)10(3)31)4-11(32)19(40)24(45)20(41)12(4)33/h3-16H,17H2,1-2H3;/q+1;-1. The maximum Gasteiger partial charge on any atom is 0.409 e. The summed E-state index contributed by atoms with van der Waals surface area (Å²) in [6.45, 7) is 4.54. The molecule has 0 N–H and O–H groups in total. The lowest BCUT2D eigenvalue weighted by Gasteiger charge is -2.44. The van der Waals surface area contributed by atoms with Crippen molar-refractivity contribution in [3.05, 3.63) is 224 Å². The topological polar surface area (TPSA) is 30.2 Å². The van der Waals surface area contributed by atoms with E-state index in [0.29, 0.717) is 18.0 Å². The summed E-state index contributed by atoms with van der Waals surface area (Å²) >= 11 is 0. The van der Waals surface area contributed by atoms with Crippen molar-refractivity contribution in [2.75, 3.05) is 0 Å². The number of aromatic nitrogens is 1. The van der Waals surface area contributed by atoms with E-state index in [0.717, 1.165) is 27.5 Å². The van der Waals surface area contributed by atoms with E-state index in [-0.39, 0.29) is 5.97 Å². The number of rotatable bonds is 8. The van der Waals surface area contributed by atoms with Crippen molar-refractivity contribution in [2.24, 2.45) is 0 Å². The van der Waals surface area contributed by atoms with E-state index in [4.69, 9.17) is 4.74 Å². The highest BCUT2D eigenvalue weighted by Gasteiger charge is 2.52. The summed E-state index contributed by atoms with van der Waals surface area (Å²) in [6.07, 6.45) is -5.26. The van der Waals surface area contributed by atoms with Crippen LogP contribution in [-0.2, 0) is 6.54 Å². The maximum atomic E-state index is 15.4. The van der Waals surface area contributed by atoms with Gasteiger partial charge in [-0.05, 0) is 42.5 Å². The zero-order chi connectivity index (χ0) is 53.9. The fourth-order valence-corrected chi connectivity index (χ4v) is 8.24. The summed E-state index contributed by atoms with van der Waals surface area (Å²) in [5.74, 6) is -71.1. The number of aryl methyl sites for hydroxylation is 2. The molecule has 0 atom stereocenters. The van der Waals surface area contributed by atoms with Crippen LogP contribution >= 0.6 is 0 Å². The molecule has 378 valence electrons. The number of pyridine rings is 1. The minimum absolute atomic E-state index is 0.346. The van der Waals surface area contributed by atoms with E-state index >= 15 is 35.1 Å². The highest BCUT2D eigenvalue weighted by molar-refractivity contribution is 7.20. The van der Waals surface area contributed by atoms with Crippen LogP contribution in [0.5, 0.6) is 5.75 Å². The second-order valence-electron chi connectivity index (χ2n) is 15.8. The van der Waals surface area contributed by atoms with Crippen LogP contribution in [-0.4, -0.2) is 12.1 Å². The SMILES string of the molecule is Cc1ccc(C)c(OC(=O)c2c3ccccc3cc[n+]2Cc2ccccc2)c1.Fc1c(F)c(F)c([B-](c2c(F)c(F)c(F)c(F)c2F)(c2c(F)c(F)c(F)c(F)c2F)c2c(F)c(F)c(F)c(F)c2F)c(F)c1F. The van der Waals surface area contributed by atoms with E-state index in [9.17, 15) is 57.5 Å². The molecule has 8 rings (SSSR count). The Morgan fingerprint density at radius 1 is 0.425 bits per heavy atom. The van der Waals surface area contributed by atoms with Crippen LogP contribution in [0, 0.1) is 130 Å². The number of hydrogen-bond acceptors (Lipinski definition) is 2. The van der Waals surface area contributed by atoms with Gasteiger partial charge in [0, 0.05) is 11.6 Å². The predicted molar refractivity (Wildman–Crippen MR) is 220 cm³/mol. The molecule has 0 saturated carbocycles. The van der Waals surface area contributed by atoms with Gasteiger partial charge < -0.3 is 4.74 Å². The monoisotopic (exact) mass is 1050 g/mol. The number of nitrogens with zero attached hydrogens (tertiary/aromatic N) is 1. The first-order valence-electron chi connectivity index (χ1n) is 20.3. The number of ether oxygens (including phenoxy) is 1. The van der Waals surface area contributed by atoms with Gasteiger partial charge >= 0.3 is 5.97 Å². The third-order valence-corrected chi connectivity index (χ3v) is 11.6. The molecule has 0 aliphatic rings. The minimum Gasteiger partial charge on any atom is -0.418 e. The zero-order valence-electron chi connectivity index (χ0n) is 36.2. The molecule has 1 heterocycles. The molecule has 0 aliphatic carbocycles. The third-order valence-electron chi connectivity index (χ3n) is 11.6. The smallest absolute Gasteiger partial charge is 0.409 e. The Bertz CT molecular complexity index is 3190. The van der Waals surface area contributed by atoms with Crippen LogP contribution in [0.3, 0.4) is 0 Å². The molecule has 0 aliphatic heterocycles. The lowest BCUT2D eigenvalue weighted by molar-refractivity contribution is -0.689. The lowest BCUT2D eigenvalue weighted by Crippen LogP contribution is -2.81. The van der Waals surface area contributed by atoms with Crippen molar-refractivity contribution in [3.63, 3.8) is 0 Å². The number of carbonyl (C=O) groups excluding carboxylic acids is 1. The van der Waals surface area contributed by atoms with Crippen molar-refractivity contribution in [1.29, 1.82) is 0 Å². The molecule has 0 spiro atoms. The van der Waals surface area contributed by atoms with Crippen molar-refractivity contribution < 1.29 is 102 Å². The molecular formula is C49H22BF20NO2. The number of benzene rings is 7. The molecule has 0 saturated heterocycles. The van der Waals surface area contributed by atoms with Crippen molar-refractivity contribution in [2.45, 2.75) is 20.4 Å². The molecule has 0 fully saturated rings. The van der Waals surface area contributed by atoms with Crippen LogP contribution in [0.25, 0.3) is 10.8 Å². The van der Waals surface area contributed by atoms with Crippen molar-refractivity contribution in [3.8, 4) is 5.75 Å². The van der Waals surface area contributed by atoms with Crippen molar-refractivity contribution >= 4 is 44.7 Å². The van der Waals surface area contributed by atoms with Gasteiger partial charge in [-0.2, -0.15) is 4.57 Å². The van der Waals surface area contributed by atoms with E-state index in [1.165, 1.54) is 0 Å². The second-order valence-corrected chi connectivity index (χ2v) is 15.8. The summed E-state index contributed by atoms with van der Waals surface area (Å²) < 4.78 is 302. The van der Waals surface area contributed by atoms with Crippen LogP contribution in [0.1, 0.15) is 27.2 Å². The van der Waals surface area contributed by atoms with Gasteiger partial charge in [0.05, 0.1) is 5.39 Å². The molecule has 73 heavy (non-hydrogen) atoms. The average molecular weight is 1050 g/mol. The Morgan fingerprint density at radius 2 is 0.767 bits per heavy atom. The van der Waals surface area contributed by atoms with Gasteiger partial charge in [0.2, 0.25) is 0 Å². The first-order chi connectivity index (χ1) is 34.3. The molecule has 8 aromatic rings. The molecule has 0 radical (unpaired) electrons. The minimum atomic E-state index is -7.22. The first-order valence-corrected chi connectivity index (χ1v) is 20.3. The Labute approximate surface area is 396 Å². The third kappa shape index (κ3) is 8.64. The molecule has 0 unspecified atom stereocenters. The molecular weight excluding hydrogens is 1030 g/mol. The van der Waals surface area contributed by atoms with E-state index in [1.54, 1.807) is 0 Å². The Kier molecular flexibility index (Phi) is 14.5. The van der Waals surface area contributed by atoms with Crippen LogP contribution in [0.2, 0.25) is 0 Å². The largest absolute Gasteiger partial charge is 0.418 e. The van der Waals surface area contributed by atoms with Crippen LogP contribution in [0.15, 0.2) is 85.1 Å². The Balaban J connectivity index is 0.000000237. The summed E-state index contributed by atoms with van der Waals surface area (Å²) in [6, 6.07) is 25.9. The molecule has 24 heteroatoms.